The summed E-state index contributed by atoms with van der Waals surface area (Å²) >= 11 is 0. The Balaban J connectivity index is 1.82. The SMILES string of the molecule is Cc1ccc(NC(=O)[C@@]23CCCC[C@H]2CNC3)cc1[N+](=O)[O-]. The minimum Gasteiger partial charge on any atom is -0.325 e. The predicted octanol–water partition coefficient (Wildman–Crippen LogP) is 2.62. The molecule has 1 aromatic rings. The van der Waals surface area contributed by atoms with Crippen LogP contribution in [-0.2, 0) is 4.79 Å². The second-order valence-electron chi connectivity index (χ2n) is 6.44. The molecule has 22 heavy (non-hydrogen) atoms. The third-order valence-electron chi connectivity index (χ3n) is 5.15. The van der Waals surface area contributed by atoms with E-state index in [9.17, 15) is 14.9 Å². The first-order chi connectivity index (χ1) is 10.5. The Labute approximate surface area is 129 Å². The summed E-state index contributed by atoms with van der Waals surface area (Å²) in [6.07, 6.45) is 4.22. The molecule has 1 aliphatic carbocycles. The van der Waals surface area contributed by atoms with E-state index >= 15 is 0 Å². The highest BCUT2D eigenvalue weighted by atomic mass is 16.6. The molecule has 0 spiro atoms. The zero-order valence-corrected chi connectivity index (χ0v) is 12.7. The molecule has 2 fully saturated rings. The van der Waals surface area contributed by atoms with Gasteiger partial charge in [0.2, 0.25) is 5.91 Å². The highest BCUT2D eigenvalue weighted by Crippen LogP contribution is 2.44. The molecule has 1 aromatic carbocycles. The molecule has 6 heteroatoms. The predicted molar refractivity (Wildman–Crippen MR) is 83.7 cm³/mol. The third-order valence-corrected chi connectivity index (χ3v) is 5.15. The van der Waals surface area contributed by atoms with Gasteiger partial charge in [0.15, 0.2) is 0 Å². The van der Waals surface area contributed by atoms with Crippen LogP contribution in [0.4, 0.5) is 11.4 Å². The second kappa shape index (κ2) is 5.68. The van der Waals surface area contributed by atoms with Crippen LogP contribution in [0.2, 0.25) is 0 Å². The van der Waals surface area contributed by atoms with Gasteiger partial charge >= 0.3 is 0 Å². The molecule has 1 aliphatic heterocycles. The Bertz CT molecular complexity index is 617. The number of carbonyl (C=O) groups is 1. The minimum absolute atomic E-state index is 0.000325. The number of hydrogen-bond donors (Lipinski definition) is 2. The van der Waals surface area contributed by atoms with Crippen molar-refractivity contribution < 1.29 is 9.72 Å². The maximum atomic E-state index is 12.8. The van der Waals surface area contributed by atoms with Gasteiger partial charge in [0.1, 0.15) is 0 Å². The molecule has 2 aliphatic rings. The topological polar surface area (TPSA) is 84.3 Å². The molecule has 1 amide bonds. The molecule has 1 saturated heterocycles. The second-order valence-corrected chi connectivity index (χ2v) is 6.44. The molecule has 1 saturated carbocycles. The number of rotatable bonds is 3. The molecule has 0 aromatic heterocycles. The van der Waals surface area contributed by atoms with Crippen molar-refractivity contribution in [1.82, 2.24) is 5.32 Å². The maximum absolute atomic E-state index is 12.8. The van der Waals surface area contributed by atoms with Gasteiger partial charge in [-0.1, -0.05) is 18.9 Å². The monoisotopic (exact) mass is 303 g/mol. The van der Waals surface area contributed by atoms with E-state index in [4.69, 9.17) is 0 Å². The average Bonchev–Trinajstić information content (AvgIpc) is 2.94. The molecule has 118 valence electrons. The molecule has 1 heterocycles. The third kappa shape index (κ3) is 2.47. The van der Waals surface area contributed by atoms with Crippen LogP contribution in [0.3, 0.4) is 0 Å². The number of nitrogens with one attached hydrogen (secondary N) is 2. The van der Waals surface area contributed by atoms with Gasteiger partial charge in [-0.05, 0) is 38.3 Å². The Morgan fingerprint density at radius 3 is 3.05 bits per heavy atom. The quantitative estimate of drug-likeness (QED) is 0.664. The summed E-state index contributed by atoms with van der Waals surface area (Å²) in [5, 5.41) is 17.3. The molecule has 2 atom stereocenters. The number of anilines is 1. The van der Waals surface area contributed by atoms with Crippen LogP contribution in [0.5, 0.6) is 0 Å². The fourth-order valence-corrected chi connectivity index (χ4v) is 3.83. The van der Waals surface area contributed by atoms with Crippen LogP contribution in [0.15, 0.2) is 18.2 Å². The zero-order valence-electron chi connectivity index (χ0n) is 12.7. The summed E-state index contributed by atoms with van der Waals surface area (Å²) < 4.78 is 0. The average molecular weight is 303 g/mol. The largest absolute Gasteiger partial charge is 0.325 e. The van der Waals surface area contributed by atoms with Gasteiger partial charge < -0.3 is 10.6 Å². The van der Waals surface area contributed by atoms with E-state index < -0.39 is 4.92 Å². The van der Waals surface area contributed by atoms with Crippen LogP contribution in [-0.4, -0.2) is 23.9 Å². The Kier molecular flexibility index (Phi) is 3.87. The number of fused-ring (bicyclic) bond motifs is 1. The highest BCUT2D eigenvalue weighted by molar-refractivity contribution is 5.96. The Hall–Kier alpha value is -1.95. The zero-order chi connectivity index (χ0) is 15.7. The summed E-state index contributed by atoms with van der Waals surface area (Å²) in [7, 11) is 0. The van der Waals surface area contributed by atoms with Crippen LogP contribution in [0.1, 0.15) is 31.2 Å². The van der Waals surface area contributed by atoms with Crippen molar-refractivity contribution in [1.29, 1.82) is 0 Å². The van der Waals surface area contributed by atoms with Gasteiger partial charge in [0, 0.05) is 23.9 Å². The normalized spacial score (nSPS) is 27.2. The minimum atomic E-state index is -0.413. The van der Waals surface area contributed by atoms with Crippen molar-refractivity contribution in [2.45, 2.75) is 32.6 Å². The summed E-state index contributed by atoms with van der Waals surface area (Å²) in [6.45, 7) is 3.29. The van der Waals surface area contributed by atoms with Crippen molar-refractivity contribution in [3.8, 4) is 0 Å². The van der Waals surface area contributed by atoms with Crippen molar-refractivity contribution in [3.63, 3.8) is 0 Å². The Morgan fingerprint density at radius 1 is 1.45 bits per heavy atom. The molecular formula is C16H21N3O3. The van der Waals surface area contributed by atoms with E-state index in [1.807, 2.05) is 0 Å². The number of amides is 1. The van der Waals surface area contributed by atoms with Crippen LogP contribution in [0, 0.1) is 28.4 Å². The summed E-state index contributed by atoms with van der Waals surface area (Å²) in [5.74, 6) is 0.377. The number of nitro benzene ring substituents is 1. The smallest absolute Gasteiger partial charge is 0.274 e. The van der Waals surface area contributed by atoms with Gasteiger partial charge in [-0.25, -0.2) is 0 Å². The summed E-state index contributed by atoms with van der Waals surface area (Å²) in [6, 6.07) is 4.86. The van der Waals surface area contributed by atoms with Gasteiger partial charge in [-0.2, -0.15) is 0 Å². The van der Waals surface area contributed by atoms with E-state index in [0.29, 0.717) is 23.7 Å². The lowest BCUT2D eigenvalue weighted by atomic mass is 9.67. The van der Waals surface area contributed by atoms with Crippen molar-refractivity contribution in [2.24, 2.45) is 11.3 Å². The first-order valence-corrected chi connectivity index (χ1v) is 7.80. The molecule has 0 unspecified atom stereocenters. The fraction of sp³-hybridized carbons (Fsp3) is 0.562. The molecule has 3 rings (SSSR count). The first-order valence-electron chi connectivity index (χ1n) is 7.80. The maximum Gasteiger partial charge on any atom is 0.274 e. The fourth-order valence-electron chi connectivity index (χ4n) is 3.83. The van der Waals surface area contributed by atoms with Crippen molar-refractivity contribution in [2.75, 3.05) is 18.4 Å². The summed E-state index contributed by atoms with van der Waals surface area (Å²) in [5.41, 5.74) is 0.796. The molecule has 0 bridgehead atoms. The molecule has 2 N–H and O–H groups in total. The lowest BCUT2D eigenvalue weighted by molar-refractivity contribution is -0.385. The van der Waals surface area contributed by atoms with Crippen LogP contribution < -0.4 is 10.6 Å². The van der Waals surface area contributed by atoms with Crippen molar-refractivity contribution in [3.05, 3.63) is 33.9 Å². The van der Waals surface area contributed by atoms with Crippen LogP contribution >= 0.6 is 0 Å². The van der Waals surface area contributed by atoms with Gasteiger partial charge in [-0.15, -0.1) is 0 Å². The number of benzene rings is 1. The lowest BCUT2D eigenvalue weighted by Gasteiger charge is -2.37. The standard InChI is InChI=1S/C16H21N3O3/c1-11-5-6-13(8-14(11)19(21)22)18-15(20)16-7-3-2-4-12(16)9-17-10-16/h5-6,8,12,17H,2-4,7,9-10H2,1H3,(H,18,20)/t12-,16+/m0/s1. The molecular weight excluding hydrogens is 282 g/mol. The van der Waals surface area contributed by atoms with E-state index in [2.05, 4.69) is 10.6 Å². The summed E-state index contributed by atoms with van der Waals surface area (Å²) in [4.78, 5) is 23.4. The first kappa shape index (κ1) is 15.0. The number of hydrogen-bond acceptors (Lipinski definition) is 4. The molecule has 0 radical (unpaired) electrons. The van der Waals surface area contributed by atoms with E-state index in [1.165, 1.54) is 12.5 Å². The molecule has 6 nitrogen and oxygen atoms in total. The number of aryl methyl sites for hydroxylation is 1. The van der Waals surface area contributed by atoms with Crippen molar-refractivity contribution >= 4 is 17.3 Å². The Morgan fingerprint density at radius 2 is 2.27 bits per heavy atom. The number of nitrogens with zero attached hydrogens (tertiary/aromatic N) is 1. The van der Waals surface area contributed by atoms with E-state index in [-0.39, 0.29) is 17.0 Å². The van der Waals surface area contributed by atoms with Gasteiger partial charge in [0.25, 0.3) is 5.69 Å². The number of nitro groups is 1. The lowest BCUT2D eigenvalue weighted by Crippen LogP contribution is -2.44. The highest BCUT2D eigenvalue weighted by Gasteiger charge is 2.49. The van der Waals surface area contributed by atoms with E-state index in [0.717, 1.165) is 25.8 Å². The van der Waals surface area contributed by atoms with Gasteiger partial charge in [-0.3, -0.25) is 14.9 Å². The van der Waals surface area contributed by atoms with E-state index in [1.54, 1.807) is 19.1 Å². The van der Waals surface area contributed by atoms with Crippen LogP contribution in [0.25, 0.3) is 0 Å². The number of carbonyl (C=O) groups excluding carboxylic acids is 1. The van der Waals surface area contributed by atoms with Gasteiger partial charge in [0.05, 0.1) is 10.3 Å².